The van der Waals surface area contributed by atoms with E-state index in [0.29, 0.717) is 22.3 Å². The third kappa shape index (κ3) is 4.80. The van der Waals surface area contributed by atoms with Gasteiger partial charge in [-0.05, 0) is 80.2 Å². The Bertz CT molecular complexity index is 1520. The molecular weight excluding hydrogens is 525 g/mol. The van der Waals surface area contributed by atoms with E-state index in [1.165, 1.54) is 12.1 Å². The van der Waals surface area contributed by atoms with E-state index >= 15 is 0 Å². The fourth-order valence-corrected chi connectivity index (χ4v) is 5.56. The highest BCUT2D eigenvalue weighted by Crippen LogP contribution is 2.47. The molecule has 5 rings (SSSR count). The van der Waals surface area contributed by atoms with E-state index in [1.54, 1.807) is 32.5 Å². The summed E-state index contributed by atoms with van der Waals surface area (Å²) < 4.78 is 53.5. The molecule has 202 valence electrons. The van der Waals surface area contributed by atoms with Gasteiger partial charge in [-0.1, -0.05) is 12.1 Å². The maximum absolute atomic E-state index is 13.5. The van der Waals surface area contributed by atoms with E-state index in [9.17, 15) is 13.2 Å². The van der Waals surface area contributed by atoms with Gasteiger partial charge in [0.1, 0.15) is 11.5 Å². The number of hydrogen-bond acceptors (Lipinski definition) is 4. The van der Waals surface area contributed by atoms with Crippen molar-refractivity contribution in [1.29, 1.82) is 0 Å². The Morgan fingerprint density at radius 1 is 0.949 bits per heavy atom. The number of nitrogens with one attached hydrogen (secondary N) is 1. The van der Waals surface area contributed by atoms with Gasteiger partial charge in [0, 0.05) is 29.3 Å². The number of rotatable bonds is 6. The Labute approximate surface area is 230 Å². The second-order valence-corrected chi connectivity index (χ2v) is 9.63. The molecule has 0 saturated carbocycles. The molecule has 6 nitrogen and oxygen atoms in total. The highest BCUT2D eigenvalue weighted by molar-refractivity contribution is 7.80. The molecule has 0 amide bonds. The van der Waals surface area contributed by atoms with Crippen LogP contribution in [0.3, 0.4) is 0 Å². The summed E-state index contributed by atoms with van der Waals surface area (Å²) in [5.74, 6) is 1.20. The van der Waals surface area contributed by atoms with Crippen molar-refractivity contribution in [1.82, 2.24) is 14.9 Å². The van der Waals surface area contributed by atoms with Crippen LogP contribution < -0.4 is 19.7 Å². The molecule has 0 spiro atoms. The number of halogens is 3. The smallest absolute Gasteiger partial charge is 0.416 e. The lowest BCUT2D eigenvalue weighted by molar-refractivity contribution is -0.137. The van der Waals surface area contributed by atoms with E-state index in [4.69, 9.17) is 21.7 Å². The minimum atomic E-state index is -4.44. The zero-order valence-electron chi connectivity index (χ0n) is 21.8. The first-order valence-corrected chi connectivity index (χ1v) is 12.6. The molecule has 2 atom stereocenters. The van der Waals surface area contributed by atoms with Crippen molar-refractivity contribution in [2.45, 2.75) is 32.1 Å². The minimum Gasteiger partial charge on any atom is -0.497 e. The second kappa shape index (κ2) is 10.3. The van der Waals surface area contributed by atoms with Gasteiger partial charge in [0.05, 0.1) is 43.2 Å². The number of pyridine rings is 1. The third-order valence-corrected chi connectivity index (χ3v) is 7.28. The van der Waals surface area contributed by atoms with Crippen molar-refractivity contribution in [2.75, 3.05) is 19.1 Å². The molecule has 3 heterocycles. The molecule has 0 aliphatic carbocycles. The number of anilines is 1. The Morgan fingerprint density at radius 2 is 1.74 bits per heavy atom. The quantitative estimate of drug-likeness (QED) is 0.269. The van der Waals surface area contributed by atoms with Gasteiger partial charge in [0.15, 0.2) is 5.11 Å². The molecule has 4 aromatic rings. The number of ether oxygens (including phenoxy) is 2. The number of nitrogens with zero attached hydrogens (tertiary/aromatic N) is 3. The minimum absolute atomic E-state index is 0.332. The van der Waals surface area contributed by atoms with Crippen LogP contribution in [0, 0.1) is 13.8 Å². The van der Waals surface area contributed by atoms with Crippen LogP contribution in [0.15, 0.2) is 72.9 Å². The van der Waals surface area contributed by atoms with Gasteiger partial charge in [0.25, 0.3) is 0 Å². The molecule has 0 unspecified atom stereocenters. The van der Waals surface area contributed by atoms with Gasteiger partial charge in [-0.15, -0.1) is 0 Å². The Morgan fingerprint density at radius 3 is 2.41 bits per heavy atom. The summed E-state index contributed by atoms with van der Waals surface area (Å²) in [4.78, 5) is 6.57. The van der Waals surface area contributed by atoms with Crippen molar-refractivity contribution in [3.05, 3.63) is 101 Å². The standard InChI is InChI=1S/C29H27F3N4O2S/c1-17-14-22(18(2)35(17)20-9-7-8-19(15-20)29(30,31)32)27-26(23-10-5-6-13-33-23)34-28(39)36(27)24-12-11-21(37-3)16-25(24)38-4/h5-16,26-27H,1-4H3,(H,34,39)/t26-,27-/m1/s1. The molecule has 0 radical (unpaired) electrons. The lowest BCUT2D eigenvalue weighted by Gasteiger charge is -2.29. The molecule has 1 aliphatic heterocycles. The fourth-order valence-electron chi connectivity index (χ4n) is 5.22. The highest BCUT2D eigenvalue weighted by atomic mass is 32.1. The Balaban J connectivity index is 1.69. The summed E-state index contributed by atoms with van der Waals surface area (Å²) in [7, 11) is 3.16. The summed E-state index contributed by atoms with van der Waals surface area (Å²) in [5, 5.41) is 3.90. The van der Waals surface area contributed by atoms with Crippen LogP contribution in [0.2, 0.25) is 0 Å². The lowest BCUT2D eigenvalue weighted by atomic mass is 9.96. The number of benzene rings is 2. The SMILES string of the molecule is COc1ccc(N2C(=S)N[C@H](c3ccccn3)[C@H]2c2cc(C)n(-c3cccc(C(F)(F)F)c3)c2C)c(OC)c1. The molecule has 39 heavy (non-hydrogen) atoms. The van der Waals surface area contributed by atoms with Crippen molar-refractivity contribution >= 4 is 23.0 Å². The molecule has 1 aliphatic rings. The first kappa shape index (κ1) is 26.6. The van der Waals surface area contributed by atoms with E-state index in [0.717, 1.165) is 34.4 Å². The van der Waals surface area contributed by atoms with E-state index in [2.05, 4.69) is 10.3 Å². The predicted octanol–water partition coefficient (Wildman–Crippen LogP) is 6.70. The van der Waals surface area contributed by atoms with Crippen LogP contribution in [0.5, 0.6) is 11.5 Å². The Hall–Kier alpha value is -4.05. The van der Waals surface area contributed by atoms with Crippen LogP contribution in [0.1, 0.15) is 40.3 Å². The van der Waals surface area contributed by atoms with Gasteiger partial charge in [0.2, 0.25) is 0 Å². The van der Waals surface area contributed by atoms with Crippen LogP contribution >= 0.6 is 12.2 Å². The van der Waals surface area contributed by atoms with Crippen LogP contribution in [0.4, 0.5) is 18.9 Å². The summed E-state index contributed by atoms with van der Waals surface area (Å²) in [6, 6.07) is 17.8. The van der Waals surface area contributed by atoms with Crippen molar-refractivity contribution in [3.8, 4) is 17.2 Å². The highest BCUT2D eigenvalue weighted by Gasteiger charge is 2.43. The van der Waals surface area contributed by atoms with Crippen molar-refractivity contribution < 1.29 is 22.6 Å². The molecule has 0 bridgehead atoms. The normalized spacial score (nSPS) is 17.3. The molecule has 10 heteroatoms. The summed E-state index contributed by atoms with van der Waals surface area (Å²) in [5.41, 5.74) is 3.72. The van der Waals surface area contributed by atoms with E-state index in [1.807, 2.05) is 59.7 Å². The number of hydrogen-bond donors (Lipinski definition) is 1. The van der Waals surface area contributed by atoms with Gasteiger partial charge in [-0.2, -0.15) is 13.2 Å². The van der Waals surface area contributed by atoms with Crippen LogP contribution in [-0.2, 0) is 6.18 Å². The Kier molecular flexibility index (Phi) is 6.98. The first-order chi connectivity index (χ1) is 18.6. The maximum Gasteiger partial charge on any atom is 0.416 e. The zero-order valence-corrected chi connectivity index (χ0v) is 22.6. The summed E-state index contributed by atoms with van der Waals surface area (Å²) in [6.45, 7) is 3.79. The molecule has 2 aromatic carbocycles. The molecule has 2 aromatic heterocycles. The maximum atomic E-state index is 13.5. The van der Waals surface area contributed by atoms with Gasteiger partial charge < -0.3 is 24.3 Å². The molecule has 1 saturated heterocycles. The molecule has 1 N–H and O–H groups in total. The zero-order chi connectivity index (χ0) is 27.9. The van der Waals surface area contributed by atoms with E-state index < -0.39 is 11.7 Å². The average molecular weight is 553 g/mol. The number of methoxy groups -OCH3 is 2. The largest absolute Gasteiger partial charge is 0.497 e. The monoisotopic (exact) mass is 552 g/mol. The van der Waals surface area contributed by atoms with Crippen molar-refractivity contribution in [3.63, 3.8) is 0 Å². The van der Waals surface area contributed by atoms with Crippen LogP contribution in [-0.4, -0.2) is 28.9 Å². The molecule has 1 fully saturated rings. The third-order valence-electron chi connectivity index (χ3n) is 6.97. The first-order valence-electron chi connectivity index (χ1n) is 12.2. The topological polar surface area (TPSA) is 51.5 Å². The second-order valence-electron chi connectivity index (χ2n) is 9.24. The summed E-state index contributed by atoms with van der Waals surface area (Å²) in [6.07, 6.45) is -2.72. The fraction of sp³-hybridized carbons (Fsp3) is 0.241. The number of thiocarbonyl (C=S) groups is 1. The van der Waals surface area contributed by atoms with Crippen LogP contribution in [0.25, 0.3) is 5.69 Å². The van der Waals surface area contributed by atoms with E-state index in [-0.39, 0.29) is 12.1 Å². The number of aryl methyl sites for hydroxylation is 1. The molecular formula is C29H27F3N4O2S. The van der Waals surface area contributed by atoms with Gasteiger partial charge in [-0.25, -0.2) is 0 Å². The number of aromatic nitrogens is 2. The summed E-state index contributed by atoms with van der Waals surface area (Å²) >= 11 is 5.85. The average Bonchev–Trinajstić information content (AvgIpc) is 3.42. The van der Waals surface area contributed by atoms with Crippen molar-refractivity contribution in [2.24, 2.45) is 0 Å². The van der Waals surface area contributed by atoms with Gasteiger partial charge in [-0.3, -0.25) is 4.98 Å². The number of alkyl halides is 3. The lowest BCUT2D eigenvalue weighted by Crippen LogP contribution is -2.30. The van der Waals surface area contributed by atoms with Gasteiger partial charge >= 0.3 is 6.18 Å². The predicted molar refractivity (Wildman–Crippen MR) is 148 cm³/mol.